The van der Waals surface area contributed by atoms with E-state index in [-0.39, 0.29) is 24.3 Å². The summed E-state index contributed by atoms with van der Waals surface area (Å²) in [5, 5.41) is 9.82. The Hall–Kier alpha value is -2.63. The Bertz CT molecular complexity index is 747. The molecule has 0 aliphatic heterocycles. The van der Waals surface area contributed by atoms with Crippen molar-refractivity contribution in [1.82, 2.24) is 15.1 Å². The lowest BCUT2D eigenvalue weighted by Gasteiger charge is -2.12. The van der Waals surface area contributed by atoms with E-state index in [0.717, 1.165) is 31.2 Å². The van der Waals surface area contributed by atoms with Crippen molar-refractivity contribution in [2.75, 3.05) is 11.9 Å². The Kier molecular flexibility index (Phi) is 5.48. The number of anilines is 1. The van der Waals surface area contributed by atoms with Gasteiger partial charge in [-0.15, -0.1) is 0 Å². The van der Waals surface area contributed by atoms with Crippen LogP contribution in [-0.4, -0.2) is 28.1 Å². The van der Waals surface area contributed by atoms with Gasteiger partial charge in [-0.3, -0.25) is 9.59 Å². The summed E-state index contributed by atoms with van der Waals surface area (Å²) in [6, 6.07) is 9.93. The molecule has 0 saturated heterocycles. The third-order valence-electron chi connectivity index (χ3n) is 4.55. The average Bonchev–Trinajstić information content (AvgIpc) is 3.25. The minimum Gasteiger partial charge on any atom is -0.347 e. The molecular weight excluding hydrogens is 316 g/mol. The van der Waals surface area contributed by atoms with Crippen molar-refractivity contribution in [2.45, 2.75) is 39.2 Å². The third-order valence-corrected chi connectivity index (χ3v) is 4.55. The highest BCUT2D eigenvalue weighted by atomic mass is 16.2. The summed E-state index contributed by atoms with van der Waals surface area (Å²) in [6.07, 6.45) is 5.71. The molecule has 1 aromatic carbocycles. The number of nitrogens with zero attached hydrogens (tertiary/aromatic N) is 2. The number of hydrogen-bond acceptors (Lipinski definition) is 3. The number of hydrogen-bond donors (Lipinski definition) is 2. The van der Waals surface area contributed by atoms with Gasteiger partial charge in [-0.1, -0.05) is 42.7 Å². The molecule has 1 heterocycles. The van der Waals surface area contributed by atoms with Gasteiger partial charge in [0.15, 0.2) is 0 Å². The maximum absolute atomic E-state index is 12.1. The molecule has 2 N–H and O–H groups in total. The summed E-state index contributed by atoms with van der Waals surface area (Å²) in [6.45, 7) is 2.62. The fourth-order valence-electron chi connectivity index (χ4n) is 3.24. The molecule has 2 amide bonds. The zero-order valence-corrected chi connectivity index (χ0v) is 14.5. The van der Waals surface area contributed by atoms with E-state index in [4.69, 9.17) is 0 Å². The van der Waals surface area contributed by atoms with Crippen molar-refractivity contribution in [3.05, 3.63) is 47.7 Å². The number of aryl methyl sites for hydroxylation is 1. The quantitative estimate of drug-likeness (QED) is 0.848. The van der Waals surface area contributed by atoms with Gasteiger partial charge in [-0.2, -0.15) is 5.10 Å². The van der Waals surface area contributed by atoms with Crippen molar-refractivity contribution < 1.29 is 9.59 Å². The smallest absolute Gasteiger partial charge is 0.244 e. The highest BCUT2D eigenvalue weighted by Gasteiger charge is 2.22. The lowest BCUT2D eigenvalue weighted by molar-refractivity contribution is -0.127. The molecule has 6 heteroatoms. The summed E-state index contributed by atoms with van der Waals surface area (Å²) < 4.78 is 1.74. The molecule has 0 spiro atoms. The molecule has 1 saturated carbocycles. The van der Waals surface area contributed by atoms with E-state index in [1.54, 1.807) is 16.9 Å². The molecule has 0 bridgehead atoms. The van der Waals surface area contributed by atoms with E-state index in [0.29, 0.717) is 12.4 Å². The van der Waals surface area contributed by atoms with Crippen LogP contribution in [0, 0.1) is 12.8 Å². The van der Waals surface area contributed by atoms with Gasteiger partial charge in [-0.05, 0) is 25.3 Å². The average molecular weight is 340 g/mol. The summed E-state index contributed by atoms with van der Waals surface area (Å²) in [7, 11) is 0. The maximum Gasteiger partial charge on any atom is 0.244 e. The van der Waals surface area contributed by atoms with Gasteiger partial charge >= 0.3 is 0 Å². The van der Waals surface area contributed by atoms with Crippen LogP contribution in [0.15, 0.2) is 36.5 Å². The Balaban J connectivity index is 1.53. The zero-order valence-electron chi connectivity index (χ0n) is 14.5. The Labute approximate surface area is 147 Å². The van der Waals surface area contributed by atoms with Gasteiger partial charge in [-0.25, -0.2) is 4.68 Å². The molecule has 0 atom stereocenters. The summed E-state index contributed by atoms with van der Waals surface area (Å²) in [5.74, 6) is 0.444. The summed E-state index contributed by atoms with van der Waals surface area (Å²) in [4.78, 5) is 24.1. The van der Waals surface area contributed by atoms with Crippen LogP contribution in [0.1, 0.15) is 36.8 Å². The first-order valence-electron chi connectivity index (χ1n) is 8.77. The van der Waals surface area contributed by atoms with Gasteiger partial charge < -0.3 is 10.6 Å². The standard InChI is InChI=1S/C19H24N4O2/c1-14-5-4-6-15(11-14)13-23-17(9-10-21-23)22-18(24)12-20-19(25)16-7-2-3-8-16/h4-6,9-11,16H,2-3,7-8,12-13H2,1H3,(H,20,25)(H,22,24). The highest BCUT2D eigenvalue weighted by molar-refractivity contribution is 5.94. The van der Waals surface area contributed by atoms with Gasteiger partial charge in [0.1, 0.15) is 5.82 Å². The third kappa shape index (κ3) is 4.68. The molecule has 1 aliphatic rings. The fraction of sp³-hybridized carbons (Fsp3) is 0.421. The van der Waals surface area contributed by atoms with Crippen molar-refractivity contribution in [1.29, 1.82) is 0 Å². The SMILES string of the molecule is Cc1cccc(Cn2nccc2NC(=O)CNC(=O)C2CCCC2)c1. The molecule has 3 rings (SSSR count). The van der Waals surface area contributed by atoms with Crippen molar-refractivity contribution >= 4 is 17.6 Å². The molecular formula is C19H24N4O2. The predicted molar refractivity (Wildman–Crippen MR) is 96.1 cm³/mol. The number of carbonyl (C=O) groups is 2. The van der Waals surface area contributed by atoms with Crippen LogP contribution in [0.3, 0.4) is 0 Å². The first-order chi connectivity index (χ1) is 12.1. The van der Waals surface area contributed by atoms with E-state index in [1.807, 2.05) is 25.1 Å². The first-order valence-corrected chi connectivity index (χ1v) is 8.77. The fourth-order valence-corrected chi connectivity index (χ4v) is 3.24. The topological polar surface area (TPSA) is 76.0 Å². The van der Waals surface area contributed by atoms with Crippen LogP contribution in [-0.2, 0) is 16.1 Å². The largest absolute Gasteiger partial charge is 0.347 e. The summed E-state index contributed by atoms with van der Waals surface area (Å²) in [5.41, 5.74) is 2.30. The second kappa shape index (κ2) is 7.96. The first kappa shape index (κ1) is 17.2. The lowest BCUT2D eigenvalue weighted by atomic mass is 10.1. The minimum atomic E-state index is -0.239. The van der Waals surface area contributed by atoms with Crippen LogP contribution in [0.5, 0.6) is 0 Å². The number of amides is 2. The minimum absolute atomic E-state index is 0.00897. The van der Waals surface area contributed by atoms with E-state index < -0.39 is 0 Å². The molecule has 0 radical (unpaired) electrons. The molecule has 1 fully saturated rings. The summed E-state index contributed by atoms with van der Waals surface area (Å²) >= 11 is 0. The molecule has 2 aromatic rings. The predicted octanol–water partition coefficient (Wildman–Crippen LogP) is 2.48. The van der Waals surface area contributed by atoms with Gasteiger partial charge in [0.25, 0.3) is 0 Å². The molecule has 0 unspecified atom stereocenters. The van der Waals surface area contributed by atoms with Crippen molar-refractivity contribution in [2.24, 2.45) is 5.92 Å². The van der Waals surface area contributed by atoms with Crippen LogP contribution in [0.25, 0.3) is 0 Å². The highest BCUT2D eigenvalue weighted by Crippen LogP contribution is 2.24. The number of benzene rings is 1. The Morgan fingerprint density at radius 2 is 2.04 bits per heavy atom. The van der Waals surface area contributed by atoms with Crippen molar-refractivity contribution in [3.63, 3.8) is 0 Å². The molecule has 132 valence electrons. The van der Waals surface area contributed by atoms with Gasteiger partial charge in [0.2, 0.25) is 11.8 Å². The van der Waals surface area contributed by atoms with Crippen molar-refractivity contribution in [3.8, 4) is 0 Å². The number of nitrogens with one attached hydrogen (secondary N) is 2. The molecule has 25 heavy (non-hydrogen) atoms. The monoisotopic (exact) mass is 340 g/mol. The van der Waals surface area contributed by atoms with Crippen LogP contribution < -0.4 is 10.6 Å². The number of aromatic nitrogens is 2. The van der Waals surface area contributed by atoms with E-state index in [2.05, 4.69) is 21.8 Å². The molecule has 1 aromatic heterocycles. The van der Waals surface area contributed by atoms with E-state index in [1.165, 1.54) is 5.56 Å². The number of carbonyl (C=O) groups excluding carboxylic acids is 2. The van der Waals surface area contributed by atoms with Gasteiger partial charge in [0, 0.05) is 12.0 Å². The van der Waals surface area contributed by atoms with Crippen LogP contribution in [0.2, 0.25) is 0 Å². The zero-order chi connectivity index (χ0) is 17.6. The van der Waals surface area contributed by atoms with E-state index >= 15 is 0 Å². The second-order valence-corrected chi connectivity index (χ2v) is 6.61. The van der Waals surface area contributed by atoms with Gasteiger partial charge in [0.05, 0.1) is 19.3 Å². The van der Waals surface area contributed by atoms with E-state index in [9.17, 15) is 9.59 Å². The van der Waals surface area contributed by atoms with Crippen LogP contribution >= 0.6 is 0 Å². The normalized spacial score (nSPS) is 14.4. The number of rotatable bonds is 6. The Morgan fingerprint density at radius 1 is 1.24 bits per heavy atom. The molecule has 1 aliphatic carbocycles. The second-order valence-electron chi connectivity index (χ2n) is 6.61. The molecule has 6 nitrogen and oxygen atoms in total. The lowest BCUT2D eigenvalue weighted by Crippen LogP contribution is -2.36. The maximum atomic E-state index is 12.1. The van der Waals surface area contributed by atoms with Crippen LogP contribution in [0.4, 0.5) is 5.82 Å². The Morgan fingerprint density at radius 3 is 2.80 bits per heavy atom.